The number of unbranched alkanes of at least 4 members (excludes halogenated alkanes) is 5. The van der Waals surface area contributed by atoms with Gasteiger partial charge < -0.3 is 14.8 Å². The third kappa shape index (κ3) is 8.64. The Morgan fingerprint density at radius 3 is 2.45 bits per heavy atom. The van der Waals surface area contributed by atoms with Crippen LogP contribution in [0.3, 0.4) is 0 Å². The number of nitrogens with one attached hydrogen (secondary N) is 1. The Labute approximate surface area is 206 Å². The first-order valence-corrected chi connectivity index (χ1v) is 12.0. The van der Waals surface area contributed by atoms with Gasteiger partial charge in [0.25, 0.3) is 5.91 Å². The lowest BCUT2D eigenvalue weighted by atomic mass is 10.1. The smallest absolute Gasteiger partial charge is 0.266 e. The van der Waals surface area contributed by atoms with Gasteiger partial charge in [0.15, 0.2) is 11.5 Å². The second-order valence-electron chi connectivity index (χ2n) is 7.48. The zero-order valence-electron chi connectivity index (χ0n) is 19.1. The quantitative estimate of drug-likeness (QED) is 0.178. The Morgan fingerprint density at radius 1 is 1.03 bits per heavy atom. The van der Waals surface area contributed by atoms with Gasteiger partial charge in [-0.05, 0) is 49.2 Å². The van der Waals surface area contributed by atoms with Crippen LogP contribution in [-0.2, 0) is 4.79 Å². The van der Waals surface area contributed by atoms with E-state index in [0.717, 1.165) is 12.8 Å². The summed E-state index contributed by atoms with van der Waals surface area (Å²) in [4.78, 5) is 12.6. The third-order valence-electron chi connectivity index (χ3n) is 4.87. The van der Waals surface area contributed by atoms with E-state index >= 15 is 0 Å². The number of benzene rings is 2. The predicted molar refractivity (Wildman–Crippen MR) is 135 cm³/mol. The lowest BCUT2D eigenvalue weighted by Gasteiger charge is -2.15. The van der Waals surface area contributed by atoms with Gasteiger partial charge in [-0.15, -0.1) is 0 Å². The highest BCUT2D eigenvalue weighted by Gasteiger charge is 2.15. The molecule has 1 amide bonds. The number of ether oxygens (including phenoxy) is 2. The maximum absolute atomic E-state index is 12.6. The number of carbonyl (C=O) groups excluding carboxylic acids is 1. The Bertz CT molecular complexity index is 1000. The average molecular weight is 489 g/mol. The van der Waals surface area contributed by atoms with E-state index in [1.165, 1.54) is 31.8 Å². The molecule has 0 aromatic heterocycles. The van der Waals surface area contributed by atoms with Crippen LogP contribution in [0.5, 0.6) is 11.5 Å². The summed E-state index contributed by atoms with van der Waals surface area (Å²) < 4.78 is 11.6. The van der Waals surface area contributed by atoms with Crippen molar-refractivity contribution < 1.29 is 14.3 Å². The first kappa shape index (κ1) is 26.6. The molecule has 0 fully saturated rings. The van der Waals surface area contributed by atoms with Crippen LogP contribution in [0.15, 0.2) is 42.0 Å². The minimum atomic E-state index is -0.567. The summed E-state index contributed by atoms with van der Waals surface area (Å²) in [5, 5.41) is 12.9. The molecule has 2 aromatic rings. The maximum atomic E-state index is 12.6. The number of rotatable bonds is 13. The second-order valence-corrected chi connectivity index (χ2v) is 8.30. The molecule has 0 atom stereocenters. The number of anilines is 1. The largest absolute Gasteiger partial charge is 0.490 e. The molecule has 0 aliphatic carbocycles. The van der Waals surface area contributed by atoms with Crippen LogP contribution in [0, 0.1) is 11.3 Å². The summed E-state index contributed by atoms with van der Waals surface area (Å²) in [6.07, 6.45) is 8.42. The molecule has 0 saturated heterocycles. The van der Waals surface area contributed by atoms with Crippen molar-refractivity contribution in [3.63, 3.8) is 0 Å². The third-order valence-corrected chi connectivity index (χ3v) is 5.48. The molecule has 5 nitrogen and oxygen atoms in total. The van der Waals surface area contributed by atoms with Crippen molar-refractivity contribution in [3.05, 3.63) is 57.6 Å². The van der Waals surface area contributed by atoms with E-state index in [9.17, 15) is 10.1 Å². The Kier molecular flexibility index (Phi) is 11.6. The highest BCUT2D eigenvalue weighted by molar-refractivity contribution is 6.34. The standard InChI is InChI=1S/C26H30Cl2N2O3/c1-3-5-6-7-8-11-14-33-25-22(28)16-19(17-24(25)32-4-2)15-20(18-29)26(31)30-23-13-10-9-12-21(23)27/h9-10,12-13,15-17H,3-8,11,14H2,1-2H3,(H,30,31)/b20-15+. The van der Waals surface area contributed by atoms with Crippen molar-refractivity contribution in [2.75, 3.05) is 18.5 Å². The second kappa shape index (κ2) is 14.5. The van der Waals surface area contributed by atoms with Crippen LogP contribution in [0.4, 0.5) is 5.69 Å². The van der Waals surface area contributed by atoms with Gasteiger partial charge in [-0.25, -0.2) is 0 Å². The zero-order valence-corrected chi connectivity index (χ0v) is 20.6. The molecule has 0 saturated carbocycles. The van der Waals surface area contributed by atoms with Crippen LogP contribution in [0.1, 0.15) is 57.9 Å². The van der Waals surface area contributed by atoms with Crippen LogP contribution in [0.2, 0.25) is 10.0 Å². The number of hydrogen-bond donors (Lipinski definition) is 1. The van der Waals surface area contributed by atoms with Gasteiger partial charge >= 0.3 is 0 Å². The fourth-order valence-electron chi connectivity index (χ4n) is 3.20. The van der Waals surface area contributed by atoms with Crippen molar-refractivity contribution in [1.82, 2.24) is 0 Å². The molecule has 0 heterocycles. The summed E-state index contributed by atoms with van der Waals surface area (Å²) in [6, 6.07) is 12.1. The zero-order chi connectivity index (χ0) is 24.1. The molecular formula is C26H30Cl2N2O3. The van der Waals surface area contributed by atoms with Crippen LogP contribution in [-0.4, -0.2) is 19.1 Å². The SMILES string of the molecule is CCCCCCCCOc1c(Cl)cc(/C=C(\C#N)C(=O)Nc2ccccc2Cl)cc1OCC. The molecule has 0 radical (unpaired) electrons. The number of nitriles is 1. The number of halogens is 2. The molecule has 0 spiro atoms. The van der Waals surface area contributed by atoms with E-state index in [-0.39, 0.29) is 5.57 Å². The van der Waals surface area contributed by atoms with Gasteiger partial charge in [0.05, 0.1) is 28.9 Å². The Balaban J connectivity index is 2.13. The van der Waals surface area contributed by atoms with Crippen molar-refractivity contribution in [2.24, 2.45) is 0 Å². The molecule has 2 rings (SSSR count). The fourth-order valence-corrected chi connectivity index (χ4v) is 3.66. The molecule has 0 aliphatic heterocycles. The van der Waals surface area contributed by atoms with E-state index in [1.54, 1.807) is 36.4 Å². The predicted octanol–water partition coefficient (Wildman–Crippen LogP) is 7.68. The molecule has 176 valence electrons. The minimum Gasteiger partial charge on any atom is -0.490 e. The highest BCUT2D eigenvalue weighted by atomic mass is 35.5. The van der Waals surface area contributed by atoms with E-state index < -0.39 is 5.91 Å². The van der Waals surface area contributed by atoms with E-state index in [4.69, 9.17) is 32.7 Å². The first-order chi connectivity index (χ1) is 16.0. The molecule has 0 unspecified atom stereocenters. The van der Waals surface area contributed by atoms with Crippen LogP contribution < -0.4 is 14.8 Å². The minimum absolute atomic E-state index is 0.0887. The summed E-state index contributed by atoms with van der Waals surface area (Å²) in [7, 11) is 0. The van der Waals surface area contributed by atoms with Crippen LogP contribution in [0.25, 0.3) is 6.08 Å². The maximum Gasteiger partial charge on any atom is 0.266 e. The summed E-state index contributed by atoms with van der Waals surface area (Å²) in [6.45, 7) is 5.04. The highest BCUT2D eigenvalue weighted by Crippen LogP contribution is 2.37. The van der Waals surface area contributed by atoms with Crippen LogP contribution >= 0.6 is 23.2 Å². The number of hydrogen-bond acceptors (Lipinski definition) is 4. The summed E-state index contributed by atoms with van der Waals surface area (Å²) in [5.74, 6) is 0.386. The van der Waals surface area contributed by atoms with Crippen molar-refractivity contribution in [3.8, 4) is 17.6 Å². The van der Waals surface area contributed by atoms with Crippen molar-refractivity contribution in [2.45, 2.75) is 52.4 Å². The van der Waals surface area contributed by atoms with E-state index in [1.807, 2.05) is 13.0 Å². The van der Waals surface area contributed by atoms with Crippen molar-refractivity contribution >= 4 is 40.9 Å². The lowest BCUT2D eigenvalue weighted by Crippen LogP contribution is -2.13. The summed E-state index contributed by atoms with van der Waals surface area (Å²) >= 11 is 12.6. The molecule has 33 heavy (non-hydrogen) atoms. The van der Waals surface area contributed by atoms with Gasteiger partial charge in [0.2, 0.25) is 0 Å². The molecule has 0 aliphatic rings. The van der Waals surface area contributed by atoms with Crippen molar-refractivity contribution in [1.29, 1.82) is 5.26 Å². The van der Waals surface area contributed by atoms with Gasteiger partial charge in [0, 0.05) is 0 Å². The number of amides is 1. The first-order valence-electron chi connectivity index (χ1n) is 11.3. The van der Waals surface area contributed by atoms with Gasteiger partial charge in [-0.2, -0.15) is 5.26 Å². The number of para-hydroxylation sites is 1. The average Bonchev–Trinajstić information content (AvgIpc) is 2.80. The van der Waals surface area contributed by atoms with Gasteiger partial charge in [-0.1, -0.05) is 74.4 Å². The van der Waals surface area contributed by atoms with Gasteiger partial charge in [-0.3, -0.25) is 4.79 Å². The molecular weight excluding hydrogens is 459 g/mol. The number of nitrogens with zero attached hydrogens (tertiary/aromatic N) is 1. The fraction of sp³-hybridized carbons (Fsp3) is 0.385. The monoisotopic (exact) mass is 488 g/mol. The van der Waals surface area contributed by atoms with E-state index in [2.05, 4.69) is 12.2 Å². The molecule has 0 bridgehead atoms. The molecule has 2 aromatic carbocycles. The molecule has 1 N–H and O–H groups in total. The lowest BCUT2D eigenvalue weighted by molar-refractivity contribution is -0.112. The van der Waals surface area contributed by atoms with E-state index in [0.29, 0.717) is 46.0 Å². The normalized spacial score (nSPS) is 11.1. The summed E-state index contributed by atoms with van der Waals surface area (Å²) in [5.41, 5.74) is 0.896. The topological polar surface area (TPSA) is 71.3 Å². The van der Waals surface area contributed by atoms with Gasteiger partial charge in [0.1, 0.15) is 11.6 Å². The number of carbonyl (C=O) groups is 1. The Morgan fingerprint density at radius 2 is 1.76 bits per heavy atom. The Hall–Kier alpha value is -2.68. The molecule has 7 heteroatoms.